The van der Waals surface area contributed by atoms with Crippen molar-refractivity contribution >= 4 is 23.0 Å². The molecular formula is C9H9N3O4. The fraction of sp³-hybridized carbons (Fsp3) is 0.111. The Bertz CT molecular complexity index is 439. The molecule has 84 valence electrons. The van der Waals surface area contributed by atoms with Crippen LogP contribution < -0.4 is 5.32 Å². The molecule has 0 aliphatic carbocycles. The van der Waals surface area contributed by atoms with E-state index in [0.29, 0.717) is 5.69 Å². The van der Waals surface area contributed by atoms with Gasteiger partial charge in [-0.05, 0) is 19.1 Å². The minimum absolute atomic E-state index is 0.0643. The van der Waals surface area contributed by atoms with Crippen molar-refractivity contribution in [1.82, 2.24) is 0 Å². The van der Waals surface area contributed by atoms with Gasteiger partial charge in [0, 0.05) is 17.8 Å². The van der Waals surface area contributed by atoms with Crippen molar-refractivity contribution in [1.29, 1.82) is 0 Å². The van der Waals surface area contributed by atoms with Crippen LogP contribution in [-0.2, 0) is 4.79 Å². The monoisotopic (exact) mass is 223 g/mol. The van der Waals surface area contributed by atoms with E-state index in [1.165, 1.54) is 31.2 Å². The van der Waals surface area contributed by atoms with Crippen LogP contribution in [0.3, 0.4) is 0 Å². The number of nitrogens with zero attached hydrogens (tertiary/aromatic N) is 2. The molecule has 0 radical (unpaired) electrons. The Balaban J connectivity index is 2.76. The van der Waals surface area contributed by atoms with Crippen molar-refractivity contribution in [3.63, 3.8) is 0 Å². The third kappa shape index (κ3) is 2.77. The van der Waals surface area contributed by atoms with Gasteiger partial charge in [0.05, 0.1) is 4.92 Å². The predicted molar refractivity (Wildman–Crippen MR) is 56.6 cm³/mol. The van der Waals surface area contributed by atoms with E-state index in [1.807, 2.05) is 0 Å². The topological polar surface area (TPSA) is 105 Å². The lowest BCUT2D eigenvalue weighted by Crippen LogP contribution is -2.20. The summed E-state index contributed by atoms with van der Waals surface area (Å²) in [5.74, 6) is -0.573. The number of non-ortho nitro benzene ring substituents is 1. The number of nitro benzene ring substituents is 1. The zero-order valence-corrected chi connectivity index (χ0v) is 8.38. The second-order valence-corrected chi connectivity index (χ2v) is 2.94. The largest absolute Gasteiger partial charge is 0.410 e. The quantitative estimate of drug-likeness (QED) is 0.349. The fourth-order valence-electron chi connectivity index (χ4n) is 0.933. The standard InChI is InChI=1S/C9H9N3O4/c1-6(11-14)9(13)10-7-2-4-8(5-3-7)12(15)16/h2-5,14H,1H3,(H,10,13). The Morgan fingerprint density at radius 2 is 2.00 bits per heavy atom. The predicted octanol–water partition coefficient (Wildman–Crippen LogP) is 1.38. The molecule has 0 aromatic heterocycles. The third-order valence-corrected chi connectivity index (χ3v) is 1.81. The maximum Gasteiger partial charge on any atom is 0.273 e. The first-order valence-electron chi connectivity index (χ1n) is 4.29. The Labute approximate surface area is 90.5 Å². The van der Waals surface area contributed by atoms with Crippen molar-refractivity contribution in [3.8, 4) is 0 Å². The number of nitrogens with one attached hydrogen (secondary N) is 1. The van der Waals surface area contributed by atoms with Crippen LogP contribution in [-0.4, -0.2) is 21.7 Å². The van der Waals surface area contributed by atoms with Gasteiger partial charge in [-0.3, -0.25) is 14.9 Å². The lowest BCUT2D eigenvalue weighted by Gasteiger charge is -2.02. The average molecular weight is 223 g/mol. The number of oxime groups is 1. The summed E-state index contributed by atoms with van der Waals surface area (Å²) in [7, 11) is 0. The van der Waals surface area contributed by atoms with Crippen LogP contribution in [0.25, 0.3) is 0 Å². The zero-order chi connectivity index (χ0) is 12.1. The lowest BCUT2D eigenvalue weighted by atomic mass is 10.2. The summed E-state index contributed by atoms with van der Waals surface area (Å²) in [6, 6.07) is 5.31. The van der Waals surface area contributed by atoms with Crippen molar-refractivity contribution in [2.24, 2.45) is 5.16 Å². The number of hydrogen-bond donors (Lipinski definition) is 2. The highest BCUT2D eigenvalue weighted by Crippen LogP contribution is 2.15. The molecule has 1 aromatic rings. The minimum atomic E-state index is -0.573. The second kappa shape index (κ2) is 4.87. The highest BCUT2D eigenvalue weighted by Gasteiger charge is 2.08. The Kier molecular flexibility index (Phi) is 3.54. The van der Waals surface area contributed by atoms with E-state index in [-0.39, 0.29) is 11.4 Å². The number of carbonyl (C=O) groups is 1. The van der Waals surface area contributed by atoms with Crippen LogP contribution in [0.2, 0.25) is 0 Å². The molecule has 16 heavy (non-hydrogen) atoms. The number of carbonyl (C=O) groups excluding carboxylic acids is 1. The first-order valence-corrected chi connectivity index (χ1v) is 4.29. The molecule has 0 saturated carbocycles. The fourth-order valence-corrected chi connectivity index (χ4v) is 0.933. The number of amides is 1. The lowest BCUT2D eigenvalue weighted by molar-refractivity contribution is -0.384. The SMILES string of the molecule is CC(=NO)C(=O)Nc1ccc([N+](=O)[O-])cc1. The summed E-state index contributed by atoms with van der Waals surface area (Å²) >= 11 is 0. The minimum Gasteiger partial charge on any atom is -0.410 e. The smallest absolute Gasteiger partial charge is 0.273 e. The van der Waals surface area contributed by atoms with E-state index in [1.54, 1.807) is 0 Å². The first kappa shape index (κ1) is 11.6. The molecule has 0 atom stereocenters. The van der Waals surface area contributed by atoms with Crippen LogP contribution in [0, 0.1) is 10.1 Å². The van der Waals surface area contributed by atoms with Gasteiger partial charge < -0.3 is 10.5 Å². The molecule has 7 nitrogen and oxygen atoms in total. The first-order chi connectivity index (χ1) is 7.54. The molecule has 2 N–H and O–H groups in total. The van der Waals surface area contributed by atoms with E-state index < -0.39 is 10.8 Å². The summed E-state index contributed by atoms with van der Waals surface area (Å²) < 4.78 is 0. The van der Waals surface area contributed by atoms with Crippen LogP contribution in [0.5, 0.6) is 0 Å². The Morgan fingerprint density at radius 3 is 2.44 bits per heavy atom. The maximum absolute atomic E-state index is 11.2. The second-order valence-electron chi connectivity index (χ2n) is 2.94. The van der Waals surface area contributed by atoms with Gasteiger partial charge in [0.2, 0.25) is 0 Å². The van der Waals surface area contributed by atoms with Gasteiger partial charge in [0.15, 0.2) is 0 Å². The van der Waals surface area contributed by atoms with E-state index in [2.05, 4.69) is 10.5 Å². The van der Waals surface area contributed by atoms with Crippen molar-refractivity contribution in [3.05, 3.63) is 34.4 Å². The molecule has 1 rings (SSSR count). The van der Waals surface area contributed by atoms with Crippen molar-refractivity contribution in [2.45, 2.75) is 6.92 Å². The molecule has 0 bridgehead atoms. The number of rotatable bonds is 3. The normalized spacial score (nSPS) is 10.9. The summed E-state index contributed by atoms with van der Waals surface area (Å²) in [6.07, 6.45) is 0. The highest BCUT2D eigenvalue weighted by molar-refractivity contribution is 6.42. The van der Waals surface area contributed by atoms with Gasteiger partial charge in [-0.1, -0.05) is 5.16 Å². The molecule has 0 aliphatic heterocycles. The third-order valence-electron chi connectivity index (χ3n) is 1.81. The number of benzene rings is 1. The summed E-state index contributed by atoms with van der Waals surface area (Å²) in [5, 5.41) is 23.8. The van der Waals surface area contributed by atoms with Gasteiger partial charge in [-0.15, -0.1) is 0 Å². The van der Waals surface area contributed by atoms with Crippen LogP contribution in [0.15, 0.2) is 29.4 Å². The molecule has 0 unspecified atom stereocenters. The molecule has 1 aromatic carbocycles. The molecule has 0 aliphatic rings. The van der Waals surface area contributed by atoms with Crippen molar-refractivity contribution < 1.29 is 14.9 Å². The summed E-state index contributed by atoms with van der Waals surface area (Å²) in [5.41, 5.74) is 0.225. The van der Waals surface area contributed by atoms with E-state index in [0.717, 1.165) is 0 Å². The summed E-state index contributed by atoms with van der Waals surface area (Å²) in [4.78, 5) is 21.0. The maximum atomic E-state index is 11.2. The van der Waals surface area contributed by atoms with E-state index >= 15 is 0 Å². The van der Waals surface area contributed by atoms with Gasteiger partial charge in [0.1, 0.15) is 5.71 Å². The summed E-state index contributed by atoms with van der Waals surface area (Å²) in [6.45, 7) is 1.33. The molecule has 0 heterocycles. The molecule has 7 heteroatoms. The van der Waals surface area contributed by atoms with Gasteiger partial charge in [-0.2, -0.15) is 0 Å². The van der Waals surface area contributed by atoms with Gasteiger partial charge in [-0.25, -0.2) is 0 Å². The molecule has 0 spiro atoms. The molecule has 0 saturated heterocycles. The number of hydrogen-bond acceptors (Lipinski definition) is 5. The van der Waals surface area contributed by atoms with Gasteiger partial charge in [0.25, 0.3) is 11.6 Å². The molecule has 1 amide bonds. The van der Waals surface area contributed by atoms with E-state index in [9.17, 15) is 14.9 Å². The van der Waals surface area contributed by atoms with Crippen LogP contribution in [0.4, 0.5) is 11.4 Å². The van der Waals surface area contributed by atoms with Gasteiger partial charge >= 0.3 is 0 Å². The number of anilines is 1. The average Bonchev–Trinajstić information content (AvgIpc) is 2.28. The number of nitro groups is 1. The Morgan fingerprint density at radius 1 is 1.44 bits per heavy atom. The molecular weight excluding hydrogens is 214 g/mol. The van der Waals surface area contributed by atoms with E-state index in [4.69, 9.17) is 5.21 Å². The highest BCUT2D eigenvalue weighted by atomic mass is 16.6. The zero-order valence-electron chi connectivity index (χ0n) is 8.38. The molecule has 0 fully saturated rings. The van der Waals surface area contributed by atoms with Crippen LogP contribution >= 0.6 is 0 Å². The van der Waals surface area contributed by atoms with Crippen LogP contribution in [0.1, 0.15) is 6.92 Å². The van der Waals surface area contributed by atoms with Crippen molar-refractivity contribution in [2.75, 3.05) is 5.32 Å². The Hall–Kier alpha value is -2.44.